The Kier molecular flexibility index (Phi) is 10.4. The molecule has 0 saturated carbocycles. The summed E-state index contributed by atoms with van der Waals surface area (Å²) in [5.74, 6) is -4.20. The van der Waals surface area contributed by atoms with Gasteiger partial charge in [-0.25, -0.2) is 23.5 Å². The number of Topliss-reactive ketones (excluding diaryl/α,β-unsaturated/α-hetero) is 1. The number of carboxylic acid groups (broad SMARTS) is 2. The monoisotopic (exact) mass is 591 g/mol. The maximum atomic E-state index is 13.3. The van der Waals surface area contributed by atoms with Crippen LogP contribution in [0, 0.1) is 0 Å². The van der Waals surface area contributed by atoms with Crippen LogP contribution in [0.2, 0.25) is 5.02 Å². The minimum absolute atomic E-state index is 0.0186. The van der Waals surface area contributed by atoms with Crippen LogP contribution in [0.5, 0.6) is 0 Å². The number of hydrogen-bond acceptors (Lipinski definition) is 7. The molecule has 0 spiro atoms. The van der Waals surface area contributed by atoms with E-state index in [0.29, 0.717) is 5.02 Å². The number of nitrogens with one attached hydrogen (secondary N) is 2. The summed E-state index contributed by atoms with van der Waals surface area (Å²) in [6.07, 6.45) is 2.15. The van der Waals surface area contributed by atoms with E-state index in [4.69, 9.17) is 21.8 Å². The molecule has 2 heterocycles. The van der Waals surface area contributed by atoms with Crippen molar-refractivity contribution >= 4 is 41.1 Å². The van der Waals surface area contributed by atoms with Gasteiger partial charge in [0.15, 0.2) is 11.8 Å². The van der Waals surface area contributed by atoms with Gasteiger partial charge in [-0.1, -0.05) is 35.9 Å². The highest BCUT2D eigenvalue weighted by Crippen LogP contribution is 2.21. The van der Waals surface area contributed by atoms with Crippen LogP contribution >= 0.6 is 11.6 Å². The minimum Gasteiger partial charge on any atom is -0.481 e. The Bertz CT molecular complexity index is 1470. The number of nitrogens with zero attached hydrogens (tertiary/aromatic N) is 3. The first-order chi connectivity index (χ1) is 19.4. The number of carboxylic acids is 2. The summed E-state index contributed by atoms with van der Waals surface area (Å²) in [4.78, 5) is 86.0. The van der Waals surface area contributed by atoms with Crippen LogP contribution in [0.1, 0.15) is 50.3 Å². The number of halogens is 1. The van der Waals surface area contributed by atoms with Crippen molar-refractivity contribution in [3.05, 3.63) is 68.0 Å². The zero-order chi connectivity index (χ0) is 30.3. The number of rotatable bonds is 14. The SMILES string of the molecule is CC(=O)[C@H](CC(=O)O)NC(=O)[C@@H]1C=C[C@@H](CCNC(=O)Cc2ccc(Cl)cc2)n2c(=O)n(CCCC(=O)O)c(=O)n21. The fourth-order valence-electron chi connectivity index (χ4n) is 4.40. The normalized spacial score (nSPS) is 16.4. The zero-order valence-electron chi connectivity index (χ0n) is 22.1. The molecule has 0 bridgehead atoms. The van der Waals surface area contributed by atoms with E-state index >= 15 is 0 Å². The third-order valence-corrected chi connectivity index (χ3v) is 6.70. The summed E-state index contributed by atoms with van der Waals surface area (Å²) < 4.78 is 2.78. The van der Waals surface area contributed by atoms with Crippen LogP contribution in [0.3, 0.4) is 0 Å². The molecule has 0 fully saturated rings. The molecule has 4 N–H and O–H groups in total. The van der Waals surface area contributed by atoms with Crippen molar-refractivity contribution in [2.45, 2.75) is 63.7 Å². The molecule has 1 aromatic carbocycles. The van der Waals surface area contributed by atoms with Crippen LogP contribution < -0.4 is 22.0 Å². The number of aromatic nitrogens is 3. The molecule has 3 rings (SSSR count). The minimum atomic E-state index is -1.39. The van der Waals surface area contributed by atoms with Gasteiger partial charge >= 0.3 is 23.3 Å². The van der Waals surface area contributed by atoms with Gasteiger partial charge in [-0.05, 0) is 37.5 Å². The Labute approximate surface area is 238 Å². The van der Waals surface area contributed by atoms with Crippen LogP contribution in [-0.2, 0) is 36.9 Å². The summed E-state index contributed by atoms with van der Waals surface area (Å²) in [5, 5.41) is 23.6. The molecule has 1 aliphatic heterocycles. The number of carbonyl (C=O) groups is 5. The Balaban J connectivity index is 1.83. The first-order valence-corrected chi connectivity index (χ1v) is 13.1. The summed E-state index contributed by atoms with van der Waals surface area (Å²) in [6.45, 7) is 1.02. The molecule has 41 heavy (non-hydrogen) atoms. The lowest BCUT2D eigenvalue weighted by Crippen LogP contribution is -2.48. The molecule has 15 heteroatoms. The molecule has 1 aromatic heterocycles. The van der Waals surface area contributed by atoms with Gasteiger partial charge in [-0.15, -0.1) is 0 Å². The third-order valence-electron chi connectivity index (χ3n) is 6.45. The summed E-state index contributed by atoms with van der Waals surface area (Å²) in [5.41, 5.74) is -0.915. The lowest BCUT2D eigenvalue weighted by Gasteiger charge is -2.27. The average molecular weight is 592 g/mol. The molecule has 1 aliphatic rings. The van der Waals surface area contributed by atoms with Crippen molar-refractivity contribution in [1.82, 2.24) is 24.6 Å². The van der Waals surface area contributed by atoms with E-state index < -0.39 is 59.6 Å². The fraction of sp³-hybridized carbons (Fsp3) is 0.423. The van der Waals surface area contributed by atoms with Gasteiger partial charge in [-0.3, -0.25) is 24.0 Å². The highest BCUT2D eigenvalue weighted by Gasteiger charge is 2.34. The number of amides is 2. The van der Waals surface area contributed by atoms with E-state index in [1.165, 1.54) is 12.2 Å². The largest absolute Gasteiger partial charge is 0.481 e. The smallest absolute Gasteiger partial charge is 0.348 e. The Morgan fingerprint density at radius 3 is 2.24 bits per heavy atom. The molecule has 0 unspecified atom stereocenters. The Hall–Kier alpha value is -4.46. The van der Waals surface area contributed by atoms with E-state index in [0.717, 1.165) is 26.4 Å². The van der Waals surface area contributed by atoms with Gasteiger partial charge in [0.2, 0.25) is 11.8 Å². The van der Waals surface area contributed by atoms with Crippen LogP contribution in [0.15, 0.2) is 46.0 Å². The van der Waals surface area contributed by atoms with Gasteiger partial charge in [0.1, 0.15) is 0 Å². The number of benzene rings is 1. The van der Waals surface area contributed by atoms with Gasteiger partial charge < -0.3 is 20.8 Å². The standard InChI is InChI=1S/C26H30ClN5O9/c1-15(33)19(14-23(37)38)29-24(39)20-9-8-18(10-11-28-21(34)13-16-4-6-17(27)7-5-16)31-25(40)30(26(41)32(20)31)12-2-3-22(35)36/h4-9,18-20H,2-3,10-14H2,1H3,(H,28,34)(H,29,39)(H,35,36)(H,37,38)/t18-,19-,20-/m0/s1. The Morgan fingerprint density at radius 1 is 0.976 bits per heavy atom. The van der Waals surface area contributed by atoms with Crippen molar-refractivity contribution in [2.75, 3.05) is 6.54 Å². The van der Waals surface area contributed by atoms with Crippen molar-refractivity contribution in [2.24, 2.45) is 0 Å². The second-order valence-electron chi connectivity index (χ2n) is 9.51. The molecule has 220 valence electrons. The molecule has 14 nitrogen and oxygen atoms in total. The second kappa shape index (κ2) is 13.7. The van der Waals surface area contributed by atoms with Crippen LogP contribution in [0.25, 0.3) is 0 Å². The van der Waals surface area contributed by atoms with Crippen LogP contribution in [-0.4, -0.2) is 66.3 Å². The second-order valence-corrected chi connectivity index (χ2v) is 9.95. The summed E-state index contributed by atoms with van der Waals surface area (Å²) >= 11 is 5.86. The third kappa shape index (κ3) is 8.03. The molecule has 2 aromatic rings. The molecular formula is C26H30ClN5O9. The van der Waals surface area contributed by atoms with E-state index in [2.05, 4.69) is 10.6 Å². The van der Waals surface area contributed by atoms with E-state index in [1.807, 2.05) is 0 Å². The number of carbonyl (C=O) groups excluding carboxylic acids is 3. The van der Waals surface area contributed by atoms with Crippen molar-refractivity contribution in [3.8, 4) is 0 Å². The van der Waals surface area contributed by atoms with Gasteiger partial charge in [0, 0.05) is 24.5 Å². The predicted molar refractivity (Wildman–Crippen MR) is 145 cm³/mol. The number of allylic oxidation sites excluding steroid dienone is 1. The Morgan fingerprint density at radius 2 is 1.63 bits per heavy atom. The van der Waals surface area contributed by atoms with E-state index in [-0.39, 0.29) is 44.7 Å². The van der Waals surface area contributed by atoms with Crippen molar-refractivity contribution in [3.63, 3.8) is 0 Å². The number of fused-ring (bicyclic) bond motifs is 1. The zero-order valence-corrected chi connectivity index (χ0v) is 22.9. The molecule has 2 amide bonds. The topological polar surface area (TPSA) is 199 Å². The van der Waals surface area contributed by atoms with E-state index in [9.17, 15) is 33.6 Å². The highest BCUT2D eigenvalue weighted by molar-refractivity contribution is 6.30. The number of ketones is 1. The molecule has 3 atom stereocenters. The maximum absolute atomic E-state index is 13.3. The molecule has 0 saturated heterocycles. The first kappa shape index (κ1) is 31.1. The number of aliphatic carboxylic acids is 2. The predicted octanol–water partition coefficient (Wildman–Crippen LogP) is 0.279. The van der Waals surface area contributed by atoms with Gasteiger partial charge in [-0.2, -0.15) is 0 Å². The lowest BCUT2D eigenvalue weighted by molar-refractivity contribution is -0.140. The molecule has 0 aliphatic carbocycles. The van der Waals surface area contributed by atoms with Crippen LogP contribution in [0.4, 0.5) is 0 Å². The molecule has 0 radical (unpaired) electrons. The molecular weight excluding hydrogens is 562 g/mol. The maximum Gasteiger partial charge on any atom is 0.348 e. The first-order valence-electron chi connectivity index (χ1n) is 12.8. The van der Waals surface area contributed by atoms with Gasteiger partial charge in [0.25, 0.3) is 0 Å². The van der Waals surface area contributed by atoms with E-state index in [1.54, 1.807) is 24.3 Å². The van der Waals surface area contributed by atoms with Gasteiger partial charge in [0.05, 0.1) is 24.9 Å². The summed E-state index contributed by atoms with van der Waals surface area (Å²) in [7, 11) is 0. The van der Waals surface area contributed by atoms with Crippen molar-refractivity contribution < 1.29 is 34.2 Å². The average Bonchev–Trinajstić information content (AvgIpc) is 3.14. The summed E-state index contributed by atoms with van der Waals surface area (Å²) in [6, 6.07) is 3.27. The highest BCUT2D eigenvalue weighted by atomic mass is 35.5. The number of hydrogen-bond donors (Lipinski definition) is 4. The quantitative estimate of drug-likeness (QED) is 0.223. The fourth-order valence-corrected chi connectivity index (χ4v) is 4.53. The van der Waals surface area contributed by atoms with Crippen molar-refractivity contribution in [1.29, 1.82) is 0 Å². The lowest BCUT2D eigenvalue weighted by atomic mass is 10.1.